The van der Waals surface area contributed by atoms with Crippen molar-refractivity contribution in [3.63, 3.8) is 0 Å². The molecule has 0 aliphatic rings. The Labute approximate surface area is 220 Å². The van der Waals surface area contributed by atoms with Gasteiger partial charge in [-0.2, -0.15) is 23.5 Å². The van der Waals surface area contributed by atoms with Crippen molar-refractivity contribution in [2.75, 3.05) is 6.26 Å². The summed E-state index contributed by atoms with van der Waals surface area (Å²) in [5.74, 6) is 0. The van der Waals surface area contributed by atoms with Crippen molar-refractivity contribution in [2.24, 2.45) is 0 Å². The van der Waals surface area contributed by atoms with Crippen molar-refractivity contribution < 1.29 is 21.6 Å². The zero-order chi connectivity index (χ0) is 28.9. The number of hydrogen-bond acceptors (Lipinski definition) is 6. The van der Waals surface area contributed by atoms with Crippen molar-refractivity contribution >= 4 is 9.84 Å². The van der Waals surface area contributed by atoms with E-state index < -0.39 is 38.9 Å². The fourth-order valence-corrected chi connectivity index (χ4v) is 5.02. The van der Waals surface area contributed by atoms with Crippen molar-refractivity contribution in [1.82, 2.24) is 18.9 Å². The van der Waals surface area contributed by atoms with E-state index in [9.17, 15) is 36.4 Å². The van der Waals surface area contributed by atoms with Gasteiger partial charge in [-0.25, -0.2) is 17.9 Å². The zero-order valence-electron chi connectivity index (χ0n) is 21.2. The third kappa shape index (κ3) is 5.03. The molecule has 0 saturated carbocycles. The summed E-state index contributed by atoms with van der Waals surface area (Å²) in [6.07, 6.45) is -2.59. The number of aromatic nitrogens is 4. The van der Waals surface area contributed by atoms with Crippen molar-refractivity contribution in [1.29, 1.82) is 5.26 Å². The van der Waals surface area contributed by atoms with Gasteiger partial charge in [0.15, 0.2) is 9.84 Å². The van der Waals surface area contributed by atoms with E-state index in [4.69, 9.17) is 0 Å². The van der Waals surface area contributed by atoms with E-state index in [1.165, 1.54) is 29.9 Å². The summed E-state index contributed by atoms with van der Waals surface area (Å²) >= 11 is 0. The monoisotopic (exact) mass is 557 g/mol. The molecule has 0 bridgehead atoms. The van der Waals surface area contributed by atoms with Crippen LogP contribution in [0, 0.1) is 18.3 Å². The number of sulfone groups is 1. The van der Waals surface area contributed by atoms with Gasteiger partial charge in [-0.05, 0) is 57.2 Å². The molecule has 0 aliphatic heterocycles. The standard InChI is InChI=1S/C26H22F3N5O4S/c1-15(2)33-24(35)22(16(3)34(25(33)36)20-10-6-8-18(12-20)26(27,28)29)23-21(39(4,37)38)14-32(31-23)19-9-5-7-17(11-19)13-30/h5-12,14-15H,1-4H3. The molecular weight excluding hydrogens is 535 g/mol. The summed E-state index contributed by atoms with van der Waals surface area (Å²) in [5.41, 5.74) is -2.94. The summed E-state index contributed by atoms with van der Waals surface area (Å²) in [5, 5.41) is 13.6. The molecule has 0 saturated heterocycles. The first kappa shape index (κ1) is 27.6. The molecule has 9 nitrogen and oxygen atoms in total. The molecule has 0 fully saturated rings. The molecule has 2 heterocycles. The van der Waals surface area contributed by atoms with Crippen molar-refractivity contribution in [3.05, 3.63) is 92.4 Å². The molecule has 0 N–H and O–H groups in total. The molecule has 39 heavy (non-hydrogen) atoms. The predicted octanol–water partition coefficient (Wildman–Crippen LogP) is 4.04. The van der Waals surface area contributed by atoms with E-state index in [1.54, 1.807) is 32.0 Å². The fraction of sp³-hybridized carbons (Fsp3) is 0.231. The second kappa shape index (κ2) is 9.70. The number of halogens is 3. The summed E-state index contributed by atoms with van der Waals surface area (Å²) in [6.45, 7) is 4.42. The van der Waals surface area contributed by atoms with Crippen LogP contribution in [-0.2, 0) is 16.0 Å². The Morgan fingerprint density at radius 2 is 1.67 bits per heavy atom. The lowest BCUT2D eigenvalue weighted by Gasteiger charge is -2.19. The molecule has 202 valence electrons. The predicted molar refractivity (Wildman–Crippen MR) is 137 cm³/mol. The summed E-state index contributed by atoms with van der Waals surface area (Å²) in [7, 11) is -4.00. The Kier molecular flexibility index (Phi) is 6.86. The van der Waals surface area contributed by atoms with E-state index in [0.717, 1.165) is 33.6 Å². The number of benzene rings is 2. The Bertz CT molecular complexity index is 1880. The average Bonchev–Trinajstić information content (AvgIpc) is 3.29. The lowest BCUT2D eigenvalue weighted by molar-refractivity contribution is -0.137. The van der Waals surface area contributed by atoms with E-state index >= 15 is 0 Å². The molecule has 0 spiro atoms. The van der Waals surface area contributed by atoms with Crippen LogP contribution in [0.1, 0.15) is 36.7 Å². The first-order chi connectivity index (χ1) is 18.1. The van der Waals surface area contributed by atoms with Gasteiger partial charge in [0.05, 0.1) is 40.3 Å². The zero-order valence-corrected chi connectivity index (χ0v) is 22.0. The number of nitrogens with zero attached hydrogens (tertiary/aromatic N) is 5. The van der Waals surface area contributed by atoms with E-state index in [-0.39, 0.29) is 33.1 Å². The Morgan fingerprint density at radius 3 is 2.26 bits per heavy atom. The summed E-state index contributed by atoms with van der Waals surface area (Å²) in [6, 6.07) is 11.4. The third-order valence-corrected chi connectivity index (χ3v) is 7.13. The molecule has 0 atom stereocenters. The van der Waals surface area contributed by atoms with Gasteiger partial charge in [0.2, 0.25) is 0 Å². The smallest absolute Gasteiger partial charge is 0.268 e. The molecule has 2 aromatic heterocycles. The van der Waals surface area contributed by atoms with Gasteiger partial charge in [-0.1, -0.05) is 12.1 Å². The number of nitriles is 1. The molecule has 0 radical (unpaired) electrons. The lowest BCUT2D eigenvalue weighted by atomic mass is 10.1. The minimum Gasteiger partial charge on any atom is -0.268 e. The highest BCUT2D eigenvalue weighted by Crippen LogP contribution is 2.32. The van der Waals surface area contributed by atoms with Crippen LogP contribution in [0.2, 0.25) is 0 Å². The first-order valence-electron chi connectivity index (χ1n) is 11.5. The summed E-state index contributed by atoms with van der Waals surface area (Å²) < 4.78 is 69.0. The van der Waals surface area contributed by atoms with Crippen LogP contribution in [0.5, 0.6) is 0 Å². The minimum atomic E-state index is -4.69. The van der Waals surface area contributed by atoms with Gasteiger partial charge in [0.1, 0.15) is 10.6 Å². The van der Waals surface area contributed by atoms with Gasteiger partial charge in [0.25, 0.3) is 5.56 Å². The molecule has 4 aromatic rings. The molecule has 0 amide bonds. The van der Waals surface area contributed by atoms with Crippen LogP contribution in [0.25, 0.3) is 22.6 Å². The molecular formula is C26H22F3N5O4S. The number of hydrogen-bond donors (Lipinski definition) is 0. The van der Waals surface area contributed by atoms with Crippen LogP contribution in [0.15, 0.2) is 69.2 Å². The number of alkyl halides is 3. The quantitative estimate of drug-likeness (QED) is 0.365. The molecule has 0 aliphatic carbocycles. The molecule has 2 aromatic carbocycles. The Hall–Kier alpha value is -4.44. The molecule has 0 unspecified atom stereocenters. The van der Waals surface area contributed by atoms with E-state index in [0.29, 0.717) is 5.69 Å². The maximum Gasteiger partial charge on any atom is 0.416 e. The van der Waals surface area contributed by atoms with Crippen LogP contribution < -0.4 is 11.2 Å². The molecule has 13 heteroatoms. The highest BCUT2D eigenvalue weighted by Gasteiger charge is 2.32. The maximum absolute atomic E-state index is 13.7. The summed E-state index contributed by atoms with van der Waals surface area (Å²) in [4.78, 5) is 26.8. The fourth-order valence-electron chi connectivity index (χ4n) is 4.23. The van der Waals surface area contributed by atoms with Gasteiger partial charge in [0, 0.05) is 18.0 Å². The average molecular weight is 558 g/mol. The van der Waals surface area contributed by atoms with Crippen LogP contribution in [0.3, 0.4) is 0 Å². The Morgan fingerprint density at radius 1 is 1.03 bits per heavy atom. The van der Waals surface area contributed by atoms with Crippen molar-refractivity contribution in [2.45, 2.75) is 37.9 Å². The van der Waals surface area contributed by atoms with Crippen LogP contribution in [0.4, 0.5) is 13.2 Å². The Balaban J connectivity index is 2.13. The first-order valence-corrected chi connectivity index (χ1v) is 13.4. The highest BCUT2D eigenvalue weighted by atomic mass is 32.2. The van der Waals surface area contributed by atoms with Gasteiger partial charge >= 0.3 is 11.9 Å². The third-order valence-electron chi connectivity index (χ3n) is 6.03. The lowest BCUT2D eigenvalue weighted by Crippen LogP contribution is -2.42. The van der Waals surface area contributed by atoms with Crippen LogP contribution in [-0.4, -0.2) is 33.6 Å². The largest absolute Gasteiger partial charge is 0.416 e. The SMILES string of the molecule is Cc1c(-c2nn(-c3cccc(C#N)c3)cc2S(C)(=O)=O)c(=O)n(C(C)C)c(=O)n1-c1cccc(C(F)(F)F)c1. The van der Waals surface area contributed by atoms with E-state index in [2.05, 4.69) is 5.10 Å². The van der Waals surface area contributed by atoms with Crippen LogP contribution >= 0.6 is 0 Å². The normalized spacial score (nSPS) is 12.1. The molecule has 4 rings (SSSR count). The van der Waals surface area contributed by atoms with Gasteiger partial charge in [-0.15, -0.1) is 0 Å². The van der Waals surface area contributed by atoms with Gasteiger partial charge in [-0.3, -0.25) is 13.9 Å². The minimum absolute atomic E-state index is 0.0952. The topological polar surface area (TPSA) is 120 Å². The highest BCUT2D eigenvalue weighted by molar-refractivity contribution is 7.90. The second-order valence-corrected chi connectivity index (χ2v) is 11.1. The second-order valence-electron chi connectivity index (χ2n) is 9.12. The van der Waals surface area contributed by atoms with Crippen molar-refractivity contribution in [3.8, 4) is 28.7 Å². The van der Waals surface area contributed by atoms with E-state index in [1.807, 2.05) is 6.07 Å². The van der Waals surface area contributed by atoms with Gasteiger partial charge < -0.3 is 0 Å². The maximum atomic E-state index is 13.7. The number of rotatable bonds is 5.